The van der Waals surface area contributed by atoms with E-state index in [9.17, 15) is 13.9 Å². The Morgan fingerprint density at radius 1 is 1.37 bits per heavy atom. The molecule has 1 aliphatic rings. The van der Waals surface area contributed by atoms with E-state index in [1.807, 2.05) is 0 Å². The van der Waals surface area contributed by atoms with Crippen molar-refractivity contribution in [2.75, 3.05) is 25.1 Å². The summed E-state index contributed by atoms with van der Waals surface area (Å²) >= 11 is 0. The third kappa shape index (κ3) is 4.33. The zero-order chi connectivity index (χ0) is 13.7. The minimum Gasteiger partial charge on any atom is -0.435 e. The number of anilines is 1. The van der Waals surface area contributed by atoms with Crippen molar-refractivity contribution in [3.05, 3.63) is 24.3 Å². The van der Waals surface area contributed by atoms with Crippen molar-refractivity contribution in [1.29, 1.82) is 0 Å². The maximum atomic E-state index is 12.1. The van der Waals surface area contributed by atoms with Gasteiger partial charge in [-0.3, -0.25) is 0 Å². The van der Waals surface area contributed by atoms with Crippen LogP contribution in [0, 0.1) is 0 Å². The van der Waals surface area contributed by atoms with E-state index in [-0.39, 0.29) is 5.75 Å². The molecule has 1 aromatic carbocycles. The smallest absolute Gasteiger partial charge is 0.387 e. The number of ether oxygens (including phenoxy) is 2. The van der Waals surface area contributed by atoms with Crippen molar-refractivity contribution in [2.24, 2.45) is 0 Å². The Kier molecular flexibility index (Phi) is 4.55. The molecule has 0 aromatic heterocycles. The predicted octanol–water partition coefficient (Wildman–Crippen LogP) is 2.24. The average molecular weight is 273 g/mol. The molecule has 4 nitrogen and oxygen atoms in total. The van der Waals surface area contributed by atoms with Crippen LogP contribution in [0.25, 0.3) is 0 Å². The normalized spacial score (nSPS) is 18.3. The van der Waals surface area contributed by atoms with Crippen LogP contribution in [0.3, 0.4) is 0 Å². The van der Waals surface area contributed by atoms with Crippen LogP contribution in [0.1, 0.15) is 12.8 Å². The van der Waals surface area contributed by atoms with Crippen molar-refractivity contribution < 1.29 is 23.4 Å². The summed E-state index contributed by atoms with van der Waals surface area (Å²) in [6.07, 6.45) is 1.13. The first-order valence-corrected chi connectivity index (χ1v) is 6.16. The summed E-state index contributed by atoms with van der Waals surface area (Å²) in [6, 6.07) is 6.30. The first-order chi connectivity index (χ1) is 9.07. The third-order valence-electron chi connectivity index (χ3n) is 3.10. The molecule has 1 aromatic rings. The average Bonchev–Trinajstić information content (AvgIpc) is 2.37. The largest absolute Gasteiger partial charge is 0.435 e. The van der Waals surface area contributed by atoms with E-state index >= 15 is 0 Å². The fraction of sp³-hybridized carbons (Fsp3) is 0.538. The summed E-state index contributed by atoms with van der Waals surface area (Å²) in [7, 11) is 0. The highest BCUT2D eigenvalue weighted by Crippen LogP contribution is 2.23. The van der Waals surface area contributed by atoms with Gasteiger partial charge in [0.05, 0.1) is 5.60 Å². The lowest BCUT2D eigenvalue weighted by Gasteiger charge is -2.32. The van der Waals surface area contributed by atoms with Gasteiger partial charge in [-0.25, -0.2) is 0 Å². The molecule has 1 heterocycles. The first kappa shape index (κ1) is 14.0. The molecular formula is C13H17F2NO3. The lowest BCUT2D eigenvalue weighted by atomic mass is 9.94. The van der Waals surface area contributed by atoms with Gasteiger partial charge in [-0.05, 0) is 12.1 Å². The fourth-order valence-electron chi connectivity index (χ4n) is 1.98. The van der Waals surface area contributed by atoms with E-state index in [1.54, 1.807) is 12.1 Å². The molecule has 19 heavy (non-hydrogen) atoms. The van der Waals surface area contributed by atoms with Crippen LogP contribution in [0.15, 0.2) is 24.3 Å². The van der Waals surface area contributed by atoms with Gasteiger partial charge in [0.1, 0.15) is 5.75 Å². The first-order valence-electron chi connectivity index (χ1n) is 6.16. The lowest BCUT2D eigenvalue weighted by molar-refractivity contribution is -0.0546. The third-order valence-corrected chi connectivity index (χ3v) is 3.10. The van der Waals surface area contributed by atoms with E-state index in [0.717, 1.165) is 0 Å². The van der Waals surface area contributed by atoms with Crippen LogP contribution in [0.4, 0.5) is 14.5 Å². The number of aliphatic hydroxyl groups is 1. The molecule has 106 valence electrons. The molecule has 0 saturated carbocycles. The van der Waals surface area contributed by atoms with Crippen LogP contribution in [-0.2, 0) is 4.74 Å². The van der Waals surface area contributed by atoms with Crippen LogP contribution in [-0.4, -0.2) is 37.1 Å². The predicted molar refractivity (Wildman–Crippen MR) is 66.6 cm³/mol. The molecule has 0 unspecified atom stereocenters. The molecule has 0 aliphatic carbocycles. The van der Waals surface area contributed by atoms with Crippen LogP contribution >= 0.6 is 0 Å². The summed E-state index contributed by atoms with van der Waals surface area (Å²) in [5.41, 5.74) is -0.171. The summed E-state index contributed by atoms with van der Waals surface area (Å²) in [5.74, 6) is 0.0963. The molecule has 0 amide bonds. The molecule has 0 radical (unpaired) electrons. The molecular weight excluding hydrogens is 256 g/mol. The monoisotopic (exact) mass is 273 g/mol. The van der Waals surface area contributed by atoms with E-state index in [1.165, 1.54) is 12.1 Å². The summed E-state index contributed by atoms with van der Waals surface area (Å²) in [6.45, 7) is -1.41. The molecule has 2 rings (SSSR count). The molecule has 1 aliphatic heterocycles. The molecule has 0 spiro atoms. The molecule has 6 heteroatoms. The summed E-state index contributed by atoms with van der Waals surface area (Å²) in [4.78, 5) is 0. The maximum absolute atomic E-state index is 12.1. The summed E-state index contributed by atoms with van der Waals surface area (Å²) < 4.78 is 33.7. The molecule has 1 fully saturated rings. The van der Waals surface area contributed by atoms with Crippen molar-refractivity contribution >= 4 is 5.69 Å². The van der Waals surface area contributed by atoms with Crippen molar-refractivity contribution in [1.82, 2.24) is 0 Å². The lowest BCUT2D eigenvalue weighted by Crippen LogP contribution is -2.42. The number of hydrogen-bond acceptors (Lipinski definition) is 4. The maximum Gasteiger partial charge on any atom is 0.387 e. The topological polar surface area (TPSA) is 50.7 Å². The molecule has 0 bridgehead atoms. The van der Waals surface area contributed by atoms with Gasteiger partial charge < -0.3 is 19.9 Å². The van der Waals surface area contributed by atoms with Gasteiger partial charge in [-0.1, -0.05) is 6.07 Å². The van der Waals surface area contributed by atoms with Gasteiger partial charge in [-0.2, -0.15) is 8.78 Å². The number of alkyl halides is 2. The Balaban J connectivity index is 1.91. The van der Waals surface area contributed by atoms with Gasteiger partial charge in [0.25, 0.3) is 0 Å². The second-order valence-electron chi connectivity index (χ2n) is 4.60. The number of nitrogens with one attached hydrogen (secondary N) is 1. The Morgan fingerprint density at radius 2 is 2.11 bits per heavy atom. The summed E-state index contributed by atoms with van der Waals surface area (Å²) in [5, 5.41) is 13.3. The highest BCUT2D eigenvalue weighted by molar-refractivity contribution is 5.48. The minimum absolute atomic E-state index is 0.0963. The van der Waals surface area contributed by atoms with Crippen LogP contribution < -0.4 is 10.1 Å². The minimum atomic E-state index is -2.84. The van der Waals surface area contributed by atoms with E-state index < -0.39 is 12.2 Å². The highest BCUT2D eigenvalue weighted by Gasteiger charge is 2.29. The number of hydrogen-bond donors (Lipinski definition) is 2. The van der Waals surface area contributed by atoms with Gasteiger partial charge in [0.15, 0.2) is 0 Å². The number of halogens is 2. The van der Waals surface area contributed by atoms with Crippen molar-refractivity contribution in [3.8, 4) is 5.75 Å². The standard InChI is InChI=1S/C13H17F2NO3/c14-12(15)19-11-3-1-2-10(8-11)16-9-13(17)4-6-18-7-5-13/h1-3,8,12,16-17H,4-7,9H2. The van der Waals surface area contributed by atoms with Crippen molar-refractivity contribution in [3.63, 3.8) is 0 Å². The van der Waals surface area contributed by atoms with Crippen LogP contribution in [0.5, 0.6) is 5.75 Å². The molecule has 0 atom stereocenters. The van der Waals surface area contributed by atoms with E-state index in [0.29, 0.717) is 38.3 Å². The Labute approximate surface area is 110 Å². The van der Waals surface area contributed by atoms with E-state index in [4.69, 9.17) is 4.74 Å². The molecule has 1 saturated heterocycles. The van der Waals surface area contributed by atoms with E-state index in [2.05, 4.69) is 10.1 Å². The quantitative estimate of drug-likeness (QED) is 0.864. The molecule has 2 N–H and O–H groups in total. The second-order valence-corrected chi connectivity index (χ2v) is 4.60. The SMILES string of the molecule is OC1(CNc2cccc(OC(F)F)c2)CCOCC1. The van der Waals surface area contributed by atoms with Gasteiger partial charge in [0, 0.05) is 44.4 Å². The number of benzene rings is 1. The van der Waals surface area contributed by atoms with Gasteiger partial charge >= 0.3 is 6.61 Å². The zero-order valence-electron chi connectivity index (χ0n) is 10.4. The van der Waals surface area contributed by atoms with Crippen molar-refractivity contribution in [2.45, 2.75) is 25.1 Å². The number of rotatable bonds is 5. The Morgan fingerprint density at radius 3 is 2.79 bits per heavy atom. The van der Waals surface area contributed by atoms with Gasteiger partial charge in [-0.15, -0.1) is 0 Å². The van der Waals surface area contributed by atoms with Gasteiger partial charge in [0.2, 0.25) is 0 Å². The second kappa shape index (κ2) is 6.16. The zero-order valence-corrected chi connectivity index (χ0v) is 10.4. The highest BCUT2D eigenvalue weighted by atomic mass is 19.3. The van der Waals surface area contributed by atoms with Crippen LogP contribution in [0.2, 0.25) is 0 Å². The fourth-order valence-corrected chi connectivity index (χ4v) is 1.98. The Bertz CT molecular complexity index is 409. The Hall–Kier alpha value is -1.40.